The monoisotopic (exact) mass is 445 g/mol. The fourth-order valence-corrected chi connectivity index (χ4v) is 3.95. The van der Waals surface area contributed by atoms with Gasteiger partial charge in [-0.05, 0) is 43.0 Å². The Morgan fingerprint density at radius 1 is 1.09 bits per heavy atom. The first-order chi connectivity index (χ1) is 16.1. The largest absolute Gasteiger partial charge is 0.497 e. The standard InChI is InChI=1S/C26H27N3O4/c1-17-15-19(32-2)12-13-20(17)22-23-25(27-14-8-4-7-11-21(30)31)28-16-29-26(23)33-24(22)18-9-5-3-6-10-18/h3,5-6,9-10,12-13,15-16H,4,7-8,11,14H2,1-2H3,(H,30,31)(H,27,28,29). The predicted molar refractivity (Wildman–Crippen MR) is 129 cm³/mol. The molecule has 0 fully saturated rings. The molecule has 4 rings (SSSR count). The molecule has 0 bridgehead atoms. The number of anilines is 1. The second-order valence-corrected chi connectivity index (χ2v) is 7.89. The van der Waals surface area contributed by atoms with Crippen molar-refractivity contribution in [3.05, 3.63) is 60.4 Å². The molecule has 0 saturated carbocycles. The van der Waals surface area contributed by atoms with Gasteiger partial charge in [-0.15, -0.1) is 0 Å². The average Bonchev–Trinajstić information content (AvgIpc) is 3.21. The Hall–Kier alpha value is -3.87. The molecule has 0 saturated heterocycles. The Labute approximate surface area is 192 Å². The predicted octanol–water partition coefficient (Wildman–Crippen LogP) is 5.93. The van der Waals surface area contributed by atoms with Gasteiger partial charge in [0.05, 0.1) is 12.5 Å². The summed E-state index contributed by atoms with van der Waals surface area (Å²) < 4.78 is 11.7. The Morgan fingerprint density at radius 3 is 2.64 bits per heavy atom. The summed E-state index contributed by atoms with van der Waals surface area (Å²) in [5.41, 5.74) is 4.48. The number of aryl methyl sites for hydroxylation is 1. The molecule has 0 unspecified atom stereocenters. The number of nitrogens with zero attached hydrogens (tertiary/aromatic N) is 2. The lowest BCUT2D eigenvalue weighted by Crippen LogP contribution is -2.05. The summed E-state index contributed by atoms with van der Waals surface area (Å²) in [6.07, 6.45) is 4.03. The van der Waals surface area contributed by atoms with Crippen molar-refractivity contribution in [2.75, 3.05) is 19.0 Å². The minimum Gasteiger partial charge on any atom is -0.497 e. The number of aromatic nitrogens is 2. The van der Waals surface area contributed by atoms with Gasteiger partial charge in [0.2, 0.25) is 5.71 Å². The number of carboxylic acids is 1. The number of rotatable bonds is 10. The van der Waals surface area contributed by atoms with Crippen molar-refractivity contribution in [3.8, 4) is 28.2 Å². The van der Waals surface area contributed by atoms with E-state index >= 15 is 0 Å². The topological polar surface area (TPSA) is 97.5 Å². The number of methoxy groups -OCH3 is 1. The van der Waals surface area contributed by atoms with Crippen LogP contribution >= 0.6 is 0 Å². The van der Waals surface area contributed by atoms with Gasteiger partial charge in [0.1, 0.15) is 23.7 Å². The fraction of sp³-hybridized carbons (Fsp3) is 0.269. The lowest BCUT2D eigenvalue weighted by atomic mass is 9.95. The van der Waals surface area contributed by atoms with Crippen molar-refractivity contribution in [1.29, 1.82) is 0 Å². The number of hydrogen-bond acceptors (Lipinski definition) is 6. The van der Waals surface area contributed by atoms with E-state index in [9.17, 15) is 4.79 Å². The molecule has 2 aromatic carbocycles. The number of unbranched alkanes of at least 4 members (excludes halogenated alkanes) is 2. The molecule has 0 atom stereocenters. The molecule has 170 valence electrons. The van der Waals surface area contributed by atoms with Crippen molar-refractivity contribution in [2.45, 2.75) is 32.6 Å². The number of fused-ring (bicyclic) bond motifs is 1. The second kappa shape index (κ2) is 10.2. The molecule has 0 spiro atoms. The highest BCUT2D eigenvalue weighted by Crippen LogP contribution is 2.44. The molecular formula is C26H27N3O4. The summed E-state index contributed by atoms with van der Waals surface area (Å²) in [6.45, 7) is 2.73. The quantitative estimate of drug-likeness (QED) is 0.292. The average molecular weight is 446 g/mol. The lowest BCUT2D eigenvalue weighted by Gasteiger charge is -2.11. The molecule has 0 amide bonds. The van der Waals surface area contributed by atoms with E-state index in [0.29, 0.717) is 24.5 Å². The van der Waals surface area contributed by atoms with Crippen molar-refractivity contribution < 1.29 is 19.1 Å². The fourth-order valence-electron chi connectivity index (χ4n) is 3.95. The Bertz CT molecular complexity index is 1250. The molecule has 7 nitrogen and oxygen atoms in total. The third kappa shape index (κ3) is 4.98. The van der Waals surface area contributed by atoms with Gasteiger partial charge in [-0.2, -0.15) is 0 Å². The number of hydrogen-bond donors (Lipinski definition) is 2. The van der Waals surface area contributed by atoms with Crippen LogP contribution in [0.3, 0.4) is 0 Å². The maximum Gasteiger partial charge on any atom is 0.303 e. The maximum atomic E-state index is 10.7. The van der Waals surface area contributed by atoms with Gasteiger partial charge in [0, 0.05) is 24.1 Å². The normalized spacial score (nSPS) is 11.0. The summed E-state index contributed by atoms with van der Waals surface area (Å²) in [7, 11) is 1.66. The van der Waals surface area contributed by atoms with Crippen LogP contribution < -0.4 is 10.1 Å². The molecule has 0 aliphatic heterocycles. The van der Waals surface area contributed by atoms with Crippen LogP contribution in [0, 0.1) is 6.92 Å². The first kappa shape index (κ1) is 22.3. The molecule has 0 aliphatic carbocycles. The van der Waals surface area contributed by atoms with Crippen molar-refractivity contribution in [3.63, 3.8) is 0 Å². The number of aliphatic carboxylic acids is 1. The number of nitrogens with one attached hydrogen (secondary N) is 1. The summed E-state index contributed by atoms with van der Waals surface area (Å²) in [6, 6.07) is 15.9. The van der Waals surface area contributed by atoms with E-state index in [2.05, 4.69) is 15.3 Å². The van der Waals surface area contributed by atoms with Crippen LogP contribution in [-0.2, 0) is 4.79 Å². The zero-order valence-electron chi connectivity index (χ0n) is 18.8. The number of carboxylic acid groups (broad SMARTS) is 1. The van der Waals surface area contributed by atoms with Crippen molar-refractivity contribution >= 4 is 22.9 Å². The van der Waals surface area contributed by atoms with E-state index in [4.69, 9.17) is 14.3 Å². The highest BCUT2D eigenvalue weighted by molar-refractivity contribution is 6.06. The van der Waals surface area contributed by atoms with Gasteiger partial charge >= 0.3 is 5.97 Å². The minimum atomic E-state index is -0.758. The zero-order chi connectivity index (χ0) is 23.2. The molecular weight excluding hydrogens is 418 g/mol. The number of ether oxygens (including phenoxy) is 1. The van der Waals surface area contributed by atoms with Gasteiger partial charge in [-0.25, -0.2) is 9.97 Å². The van der Waals surface area contributed by atoms with Crippen LogP contribution in [0.5, 0.6) is 5.75 Å². The SMILES string of the molecule is COc1ccc(-c2c(-c3ccccc3)oc3ncnc(NCCCCCC(=O)O)c23)c(C)c1. The van der Waals surface area contributed by atoms with Gasteiger partial charge in [-0.3, -0.25) is 4.79 Å². The molecule has 33 heavy (non-hydrogen) atoms. The smallest absolute Gasteiger partial charge is 0.303 e. The maximum absolute atomic E-state index is 10.7. The minimum absolute atomic E-state index is 0.195. The van der Waals surface area contributed by atoms with E-state index in [0.717, 1.165) is 52.0 Å². The third-order valence-corrected chi connectivity index (χ3v) is 5.59. The van der Waals surface area contributed by atoms with E-state index in [1.165, 1.54) is 6.33 Å². The first-order valence-electron chi connectivity index (χ1n) is 11.0. The number of carbonyl (C=O) groups is 1. The van der Waals surface area contributed by atoms with Crippen LogP contribution in [0.15, 0.2) is 59.3 Å². The van der Waals surface area contributed by atoms with Crippen LogP contribution in [0.4, 0.5) is 5.82 Å². The first-order valence-corrected chi connectivity index (χ1v) is 11.0. The van der Waals surface area contributed by atoms with E-state index in [1.54, 1.807) is 7.11 Å². The van der Waals surface area contributed by atoms with Gasteiger partial charge in [0.15, 0.2) is 0 Å². The van der Waals surface area contributed by atoms with Crippen LogP contribution in [-0.4, -0.2) is 34.7 Å². The van der Waals surface area contributed by atoms with Crippen LogP contribution in [0.25, 0.3) is 33.6 Å². The molecule has 2 heterocycles. The number of furan rings is 1. The van der Waals surface area contributed by atoms with Gasteiger partial charge in [0.25, 0.3) is 0 Å². The lowest BCUT2D eigenvalue weighted by molar-refractivity contribution is -0.137. The number of benzene rings is 2. The Kier molecular flexibility index (Phi) is 6.88. The van der Waals surface area contributed by atoms with Gasteiger partial charge in [-0.1, -0.05) is 42.8 Å². The van der Waals surface area contributed by atoms with Gasteiger partial charge < -0.3 is 19.6 Å². The highest BCUT2D eigenvalue weighted by Gasteiger charge is 2.23. The molecule has 0 radical (unpaired) electrons. The van der Waals surface area contributed by atoms with Crippen molar-refractivity contribution in [1.82, 2.24) is 9.97 Å². The highest BCUT2D eigenvalue weighted by atomic mass is 16.5. The van der Waals surface area contributed by atoms with Crippen LogP contribution in [0.1, 0.15) is 31.2 Å². The second-order valence-electron chi connectivity index (χ2n) is 7.89. The van der Waals surface area contributed by atoms with Crippen molar-refractivity contribution in [2.24, 2.45) is 0 Å². The van der Waals surface area contributed by atoms with E-state index in [1.807, 2.05) is 55.5 Å². The molecule has 2 N–H and O–H groups in total. The molecule has 7 heteroatoms. The summed E-state index contributed by atoms with van der Waals surface area (Å²) in [5.74, 6) is 1.48. The molecule has 4 aromatic rings. The molecule has 0 aliphatic rings. The zero-order valence-corrected chi connectivity index (χ0v) is 18.8. The van der Waals surface area contributed by atoms with E-state index < -0.39 is 5.97 Å². The van der Waals surface area contributed by atoms with E-state index in [-0.39, 0.29) is 6.42 Å². The summed E-state index contributed by atoms with van der Waals surface area (Å²) in [5, 5.41) is 13.0. The Morgan fingerprint density at radius 2 is 1.91 bits per heavy atom. The summed E-state index contributed by atoms with van der Waals surface area (Å²) >= 11 is 0. The molecule has 2 aromatic heterocycles. The Balaban J connectivity index is 1.75. The summed E-state index contributed by atoms with van der Waals surface area (Å²) in [4.78, 5) is 19.6. The third-order valence-electron chi connectivity index (χ3n) is 5.59. The van der Waals surface area contributed by atoms with Crippen LogP contribution in [0.2, 0.25) is 0 Å².